The molecular formula is C14H20N4O. The number of nitrogens with zero attached hydrogens (tertiary/aromatic N) is 3. The Kier molecular flexibility index (Phi) is 4.92. The number of anilines is 1. The van der Waals surface area contributed by atoms with Crippen molar-refractivity contribution >= 4 is 5.95 Å². The van der Waals surface area contributed by atoms with Crippen LogP contribution in [-0.4, -0.2) is 34.8 Å². The van der Waals surface area contributed by atoms with Gasteiger partial charge in [0.1, 0.15) is 0 Å². The summed E-state index contributed by atoms with van der Waals surface area (Å²) in [7, 11) is 1.71. The molecule has 0 bridgehead atoms. The first kappa shape index (κ1) is 13.5. The molecule has 0 amide bonds. The van der Waals surface area contributed by atoms with E-state index in [1.165, 1.54) is 5.56 Å². The minimum Gasteiger partial charge on any atom is -0.385 e. The molecule has 1 unspecified atom stereocenters. The van der Waals surface area contributed by atoms with Crippen LogP contribution in [0.15, 0.2) is 36.9 Å². The fourth-order valence-electron chi connectivity index (χ4n) is 1.98. The van der Waals surface area contributed by atoms with Crippen molar-refractivity contribution in [1.29, 1.82) is 0 Å². The highest BCUT2D eigenvalue weighted by molar-refractivity contribution is 5.29. The third-order valence-electron chi connectivity index (χ3n) is 3.08. The first-order valence-corrected chi connectivity index (χ1v) is 6.48. The van der Waals surface area contributed by atoms with Gasteiger partial charge < -0.3 is 14.6 Å². The zero-order valence-electron chi connectivity index (χ0n) is 11.4. The Labute approximate surface area is 113 Å². The van der Waals surface area contributed by atoms with Crippen molar-refractivity contribution in [3.05, 3.63) is 42.5 Å². The number of aromatic nitrogens is 3. The lowest BCUT2D eigenvalue weighted by Crippen LogP contribution is -2.13. The quantitative estimate of drug-likeness (QED) is 0.776. The van der Waals surface area contributed by atoms with Gasteiger partial charge in [-0.1, -0.05) is 0 Å². The molecule has 0 fully saturated rings. The fraction of sp³-hybridized carbons (Fsp3) is 0.429. The summed E-state index contributed by atoms with van der Waals surface area (Å²) in [5, 5.41) is 3.33. The van der Waals surface area contributed by atoms with Gasteiger partial charge in [0.2, 0.25) is 5.95 Å². The summed E-state index contributed by atoms with van der Waals surface area (Å²) in [5.74, 6) is 0.889. The Morgan fingerprint density at radius 2 is 2.11 bits per heavy atom. The van der Waals surface area contributed by atoms with Crippen molar-refractivity contribution in [2.45, 2.75) is 19.4 Å². The zero-order chi connectivity index (χ0) is 13.5. The normalized spacial score (nSPS) is 12.3. The van der Waals surface area contributed by atoms with Crippen molar-refractivity contribution in [1.82, 2.24) is 14.5 Å². The second-order valence-electron chi connectivity index (χ2n) is 4.39. The minimum atomic E-state index is 0.232. The molecule has 1 N–H and O–H groups in total. The van der Waals surface area contributed by atoms with Crippen LogP contribution < -0.4 is 5.32 Å². The molecule has 0 aromatic carbocycles. The molecule has 0 aliphatic rings. The van der Waals surface area contributed by atoms with Gasteiger partial charge in [0.25, 0.3) is 0 Å². The van der Waals surface area contributed by atoms with Crippen LogP contribution in [0, 0.1) is 0 Å². The predicted molar refractivity (Wildman–Crippen MR) is 75.3 cm³/mol. The zero-order valence-corrected chi connectivity index (χ0v) is 11.4. The molecule has 5 nitrogen and oxygen atoms in total. The monoisotopic (exact) mass is 260 g/mol. The van der Waals surface area contributed by atoms with E-state index in [0.29, 0.717) is 0 Å². The predicted octanol–water partition coefficient (Wildman–Crippen LogP) is 2.34. The van der Waals surface area contributed by atoms with E-state index in [1.54, 1.807) is 7.11 Å². The van der Waals surface area contributed by atoms with Gasteiger partial charge in [0.15, 0.2) is 0 Å². The molecule has 0 spiro atoms. The summed E-state index contributed by atoms with van der Waals surface area (Å²) < 4.78 is 7.16. The molecule has 5 heteroatoms. The smallest absolute Gasteiger partial charge is 0.203 e. The molecular weight excluding hydrogens is 240 g/mol. The number of nitrogens with one attached hydrogen (secondary N) is 1. The van der Waals surface area contributed by atoms with E-state index in [1.807, 2.05) is 36.9 Å². The number of hydrogen-bond donors (Lipinski definition) is 1. The van der Waals surface area contributed by atoms with Crippen LogP contribution in [0.3, 0.4) is 0 Å². The van der Waals surface area contributed by atoms with Gasteiger partial charge >= 0.3 is 0 Å². The number of pyridine rings is 1. The average Bonchev–Trinajstić information content (AvgIpc) is 2.92. The van der Waals surface area contributed by atoms with Gasteiger partial charge in [-0.05, 0) is 31.0 Å². The minimum absolute atomic E-state index is 0.232. The highest BCUT2D eigenvalue weighted by atomic mass is 16.5. The fourth-order valence-corrected chi connectivity index (χ4v) is 1.98. The van der Waals surface area contributed by atoms with Gasteiger partial charge in [0, 0.05) is 45.0 Å². The summed E-state index contributed by atoms with van der Waals surface area (Å²) in [5.41, 5.74) is 1.22. The second kappa shape index (κ2) is 6.89. The number of methoxy groups -OCH3 is 1. The number of rotatable bonds is 7. The molecule has 0 saturated heterocycles. The molecule has 0 aliphatic carbocycles. The Morgan fingerprint density at radius 3 is 2.84 bits per heavy atom. The molecule has 19 heavy (non-hydrogen) atoms. The first-order chi connectivity index (χ1) is 9.33. The van der Waals surface area contributed by atoms with Crippen LogP contribution in [-0.2, 0) is 4.74 Å². The summed E-state index contributed by atoms with van der Waals surface area (Å²) in [6.07, 6.45) is 8.40. The van der Waals surface area contributed by atoms with Crippen molar-refractivity contribution in [2.24, 2.45) is 0 Å². The molecule has 2 heterocycles. The van der Waals surface area contributed by atoms with Gasteiger partial charge in [-0.25, -0.2) is 4.98 Å². The van der Waals surface area contributed by atoms with E-state index in [9.17, 15) is 0 Å². The molecule has 2 aromatic heterocycles. The summed E-state index contributed by atoms with van der Waals surface area (Å²) in [6, 6.07) is 4.29. The Bertz CT molecular complexity index is 483. The van der Waals surface area contributed by atoms with Gasteiger partial charge in [-0.2, -0.15) is 0 Å². The van der Waals surface area contributed by atoms with Crippen LogP contribution in [0.4, 0.5) is 5.95 Å². The van der Waals surface area contributed by atoms with Crippen molar-refractivity contribution in [2.75, 3.05) is 25.6 Å². The summed E-state index contributed by atoms with van der Waals surface area (Å²) >= 11 is 0. The average molecular weight is 260 g/mol. The van der Waals surface area contributed by atoms with E-state index in [2.05, 4.69) is 26.8 Å². The topological polar surface area (TPSA) is 52.0 Å². The summed E-state index contributed by atoms with van der Waals surface area (Å²) in [6.45, 7) is 3.76. The van der Waals surface area contributed by atoms with E-state index in [4.69, 9.17) is 4.74 Å². The lowest BCUT2D eigenvalue weighted by molar-refractivity contribution is 0.197. The van der Waals surface area contributed by atoms with Crippen LogP contribution in [0.2, 0.25) is 0 Å². The number of ether oxygens (including phenoxy) is 1. The molecule has 0 saturated carbocycles. The van der Waals surface area contributed by atoms with Gasteiger partial charge in [0.05, 0.1) is 6.04 Å². The van der Waals surface area contributed by atoms with E-state index in [-0.39, 0.29) is 6.04 Å². The second-order valence-corrected chi connectivity index (χ2v) is 4.39. The highest BCUT2D eigenvalue weighted by Crippen LogP contribution is 2.20. The first-order valence-electron chi connectivity index (χ1n) is 6.48. The molecule has 1 atom stereocenters. The highest BCUT2D eigenvalue weighted by Gasteiger charge is 2.11. The third-order valence-corrected chi connectivity index (χ3v) is 3.08. The standard InChI is InChI=1S/C14H20N4O/c1-12(13-4-7-15-8-5-13)18-10-9-17-14(18)16-6-3-11-19-2/h4-5,7-10,12H,3,6,11H2,1-2H3,(H,16,17). The van der Waals surface area contributed by atoms with Crippen LogP contribution >= 0.6 is 0 Å². The SMILES string of the molecule is COCCCNc1nccn1C(C)c1ccncc1. The van der Waals surface area contributed by atoms with Gasteiger partial charge in [-0.15, -0.1) is 0 Å². The van der Waals surface area contributed by atoms with E-state index < -0.39 is 0 Å². The van der Waals surface area contributed by atoms with Gasteiger partial charge in [-0.3, -0.25) is 4.98 Å². The Morgan fingerprint density at radius 1 is 1.32 bits per heavy atom. The lowest BCUT2D eigenvalue weighted by Gasteiger charge is -2.17. The number of imidazole rings is 1. The molecule has 2 rings (SSSR count). The van der Waals surface area contributed by atoms with Crippen molar-refractivity contribution < 1.29 is 4.74 Å². The Balaban J connectivity index is 2.02. The molecule has 0 radical (unpaired) electrons. The molecule has 0 aliphatic heterocycles. The maximum absolute atomic E-state index is 5.03. The third kappa shape index (κ3) is 3.54. The van der Waals surface area contributed by atoms with Crippen LogP contribution in [0.5, 0.6) is 0 Å². The number of hydrogen-bond acceptors (Lipinski definition) is 4. The van der Waals surface area contributed by atoms with Crippen molar-refractivity contribution in [3.8, 4) is 0 Å². The van der Waals surface area contributed by atoms with Crippen molar-refractivity contribution in [3.63, 3.8) is 0 Å². The maximum Gasteiger partial charge on any atom is 0.203 e. The lowest BCUT2D eigenvalue weighted by atomic mass is 10.1. The van der Waals surface area contributed by atoms with Crippen LogP contribution in [0.1, 0.15) is 24.9 Å². The molecule has 2 aromatic rings. The van der Waals surface area contributed by atoms with Crippen LogP contribution in [0.25, 0.3) is 0 Å². The Hall–Kier alpha value is -1.88. The molecule has 102 valence electrons. The van der Waals surface area contributed by atoms with E-state index in [0.717, 1.165) is 25.5 Å². The summed E-state index contributed by atoms with van der Waals surface area (Å²) in [4.78, 5) is 8.40. The maximum atomic E-state index is 5.03. The van der Waals surface area contributed by atoms with E-state index >= 15 is 0 Å². The largest absolute Gasteiger partial charge is 0.385 e.